The monoisotopic (exact) mass is 154 g/mol. The van der Waals surface area contributed by atoms with Gasteiger partial charge in [-0.15, -0.1) is 0 Å². The molecule has 0 bridgehead atoms. The Balaban J connectivity index is 2.33. The minimum absolute atomic E-state index is 0.233. The molecule has 1 unspecified atom stereocenters. The van der Waals surface area contributed by atoms with Crippen LogP contribution >= 0.6 is 0 Å². The highest BCUT2D eigenvalue weighted by atomic mass is 16.5. The summed E-state index contributed by atoms with van der Waals surface area (Å²) in [6.45, 7) is 4.75. The van der Waals surface area contributed by atoms with E-state index < -0.39 is 0 Å². The minimum atomic E-state index is -0.233. The SMILES string of the molecule is CCCOC1=CC(C)(C=O)C1. The van der Waals surface area contributed by atoms with Crippen molar-refractivity contribution < 1.29 is 9.53 Å². The van der Waals surface area contributed by atoms with E-state index in [2.05, 4.69) is 6.92 Å². The Morgan fingerprint density at radius 1 is 1.82 bits per heavy atom. The van der Waals surface area contributed by atoms with E-state index in [-0.39, 0.29) is 5.41 Å². The van der Waals surface area contributed by atoms with Gasteiger partial charge in [-0.1, -0.05) is 6.92 Å². The van der Waals surface area contributed by atoms with Crippen LogP contribution in [0.25, 0.3) is 0 Å². The van der Waals surface area contributed by atoms with Crippen LogP contribution < -0.4 is 0 Å². The second-order valence-corrected chi connectivity index (χ2v) is 3.26. The lowest BCUT2D eigenvalue weighted by molar-refractivity contribution is -0.114. The lowest BCUT2D eigenvalue weighted by Crippen LogP contribution is -2.26. The van der Waals surface area contributed by atoms with Gasteiger partial charge in [-0.2, -0.15) is 0 Å². The maximum Gasteiger partial charge on any atom is 0.130 e. The maximum absolute atomic E-state index is 10.4. The van der Waals surface area contributed by atoms with Crippen LogP contribution in [-0.2, 0) is 9.53 Å². The lowest BCUT2D eigenvalue weighted by atomic mass is 9.78. The quantitative estimate of drug-likeness (QED) is 0.578. The van der Waals surface area contributed by atoms with Gasteiger partial charge in [0.15, 0.2) is 0 Å². The van der Waals surface area contributed by atoms with Crippen LogP contribution in [-0.4, -0.2) is 12.9 Å². The van der Waals surface area contributed by atoms with E-state index in [4.69, 9.17) is 4.74 Å². The van der Waals surface area contributed by atoms with Crippen molar-refractivity contribution in [1.82, 2.24) is 0 Å². The number of carbonyl (C=O) groups is 1. The molecule has 0 aromatic rings. The molecule has 2 nitrogen and oxygen atoms in total. The molecular formula is C9H14O2. The van der Waals surface area contributed by atoms with Gasteiger partial charge >= 0.3 is 0 Å². The molecule has 62 valence electrons. The van der Waals surface area contributed by atoms with Crippen LogP contribution in [0.4, 0.5) is 0 Å². The molecule has 0 aromatic heterocycles. The van der Waals surface area contributed by atoms with Crippen LogP contribution in [0.5, 0.6) is 0 Å². The van der Waals surface area contributed by atoms with Crippen molar-refractivity contribution >= 4 is 6.29 Å². The van der Waals surface area contributed by atoms with Gasteiger partial charge in [-0.05, 0) is 19.4 Å². The van der Waals surface area contributed by atoms with Crippen LogP contribution in [0.3, 0.4) is 0 Å². The van der Waals surface area contributed by atoms with Gasteiger partial charge in [0.2, 0.25) is 0 Å². The molecular weight excluding hydrogens is 140 g/mol. The lowest BCUT2D eigenvalue weighted by Gasteiger charge is -2.30. The van der Waals surface area contributed by atoms with Gasteiger partial charge in [0, 0.05) is 6.42 Å². The number of hydrogen-bond donors (Lipinski definition) is 0. The number of carbonyl (C=O) groups excluding carboxylic acids is 1. The van der Waals surface area contributed by atoms with E-state index >= 15 is 0 Å². The van der Waals surface area contributed by atoms with Crippen molar-refractivity contribution in [3.63, 3.8) is 0 Å². The highest BCUT2D eigenvalue weighted by Gasteiger charge is 2.32. The Labute approximate surface area is 67.2 Å². The van der Waals surface area contributed by atoms with Crippen molar-refractivity contribution in [3.8, 4) is 0 Å². The average molecular weight is 154 g/mol. The normalized spacial score (nSPS) is 28.7. The van der Waals surface area contributed by atoms with E-state index in [0.29, 0.717) is 0 Å². The van der Waals surface area contributed by atoms with Crippen molar-refractivity contribution in [2.75, 3.05) is 6.61 Å². The van der Waals surface area contributed by atoms with Crippen LogP contribution in [0.15, 0.2) is 11.8 Å². The largest absolute Gasteiger partial charge is 0.498 e. The van der Waals surface area contributed by atoms with Crippen LogP contribution in [0.1, 0.15) is 26.7 Å². The van der Waals surface area contributed by atoms with Gasteiger partial charge in [0.1, 0.15) is 6.29 Å². The summed E-state index contributed by atoms with van der Waals surface area (Å²) in [5.74, 6) is 0.974. The van der Waals surface area contributed by atoms with Crippen molar-refractivity contribution in [3.05, 3.63) is 11.8 Å². The molecule has 1 rings (SSSR count). The molecule has 1 aliphatic rings. The third-order valence-electron chi connectivity index (χ3n) is 1.81. The van der Waals surface area contributed by atoms with E-state index in [1.165, 1.54) is 0 Å². The van der Waals surface area contributed by atoms with Crippen LogP contribution in [0.2, 0.25) is 0 Å². The summed E-state index contributed by atoms with van der Waals surface area (Å²) < 4.78 is 5.33. The molecule has 0 saturated carbocycles. The topological polar surface area (TPSA) is 26.3 Å². The van der Waals surface area contributed by atoms with Gasteiger partial charge in [0.05, 0.1) is 17.8 Å². The fourth-order valence-electron chi connectivity index (χ4n) is 1.12. The molecule has 0 aromatic carbocycles. The molecule has 11 heavy (non-hydrogen) atoms. The third-order valence-corrected chi connectivity index (χ3v) is 1.81. The zero-order valence-corrected chi connectivity index (χ0v) is 7.09. The summed E-state index contributed by atoms with van der Waals surface area (Å²) >= 11 is 0. The second-order valence-electron chi connectivity index (χ2n) is 3.26. The standard InChI is InChI=1S/C9H14O2/c1-3-4-11-8-5-9(2,6-8)7-10/h5,7H,3-4,6H2,1-2H3. The van der Waals surface area contributed by atoms with Gasteiger partial charge in [-0.3, -0.25) is 0 Å². The Morgan fingerprint density at radius 2 is 2.45 bits per heavy atom. The highest BCUT2D eigenvalue weighted by molar-refractivity contribution is 5.65. The molecule has 1 aliphatic carbocycles. The third kappa shape index (κ3) is 1.82. The fourth-order valence-corrected chi connectivity index (χ4v) is 1.12. The van der Waals surface area contributed by atoms with E-state index in [0.717, 1.165) is 31.5 Å². The summed E-state index contributed by atoms with van der Waals surface area (Å²) in [6.07, 6.45) is 4.67. The highest BCUT2D eigenvalue weighted by Crippen LogP contribution is 2.36. The number of aldehydes is 1. The van der Waals surface area contributed by atoms with Crippen molar-refractivity contribution in [2.24, 2.45) is 5.41 Å². The molecule has 0 radical (unpaired) electrons. The Kier molecular flexibility index (Phi) is 2.32. The maximum atomic E-state index is 10.4. The number of allylic oxidation sites excluding steroid dienone is 2. The minimum Gasteiger partial charge on any atom is -0.498 e. The zero-order chi connectivity index (χ0) is 8.32. The Morgan fingerprint density at radius 3 is 2.91 bits per heavy atom. The van der Waals surface area contributed by atoms with Crippen LogP contribution in [0, 0.1) is 5.41 Å². The molecule has 0 N–H and O–H groups in total. The molecule has 0 fully saturated rings. The van der Waals surface area contributed by atoms with Gasteiger partial charge < -0.3 is 9.53 Å². The summed E-state index contributed by atoms with van der Waals surface area (Å²) in [5.41, 5.74) is -0.233. The molecule has 2 heteroatoms. The molecule has 1 atom stereocenters. The average Bonchev–Trinajstić information content (AvgIpc) is 1.96. The van der Waals surface area contributed by atoms with E-state index in [9.17, 15) is 4.79 Å². The zero-order valence-electron chi connectivity index (χ0n) is 7.09. The van der Waals surface area contributed by atoms with Crippen molar-refractivity contribution in [2.45, 2.75) is 26.7 Å². The predicted octanol–water partition coefficient (Wildman–Crippen LogP) is 1.91. The Bertz CT molecular complexity index is 184. The summed E-state index contributed by atoms with van der Waals surface area (Å²) in [7, 11) is 0. The molecule has 0 heterocycles. The smallest absolute Gasteiger partial charge is 0.130 e. The first-order valence-corrected chi connectivity index (χ1v) is 4.01. The first kappa shape index (κ1) is 8.31. The Hall–Kier alpha value is -0.790. The van der Waals surface area contributed by atoms with Crippen molar-refractivity contribution in [1.29, 1.82) is 0 Å². The molecule has 0 aliphatic heterocycles. The second kappa shape index (κ2) is 3.07. The molecule has 0 amide bonds. The summed E-state index contributed by atoms with van der Waals surface area (Å²) in [4.78, 5) is 10.4. The summed E-state index contributed by atoms with van der Waals surface area (Å²) in [6, 6.07) is 0. The van der Waals surface area contributed by atoms with Gasteiger partial charge in [0.25, 0.3) is 0 Å². The first-order chi connectivity index (χ1) is 5.20. The number of rotatable bonds is 4. The number of hydrogen-bond acceptors (Lipinski definition) is 2. The molecule has 0 saturated heterocycles. The van der Waals surface area contributed by atoms with Gasteiger partial charge in [-0.25, -0.2) is 0 Å². The first-order valence-electron chi connectivity index (χ1n) is 4.01. The molecule has 0 spiro atoms. The fraction of sp³-hybridized carbons (Fsp3) is 0.667. The van der Waals surface area contributed by atoms with E-state index in [1.54, 1.807) is 0 Å². The predicted molar refractivity (Wildman–Crippen MR) is 43.1 cm³/mol. The number of ether oxygens (including phenoxy) is 1. The van der Waals surface area contributed by atoms with E-state index in [1.807, 2.05) is 13.0 Å². The summed E-state index contributed by atoms with van der Waals surface area (Å²) in [5, 5.41) is 0.